The maximum absolute atomic E-state index is 2.28. The van der Waals surface area contributed by atoms with Crippen LogP contribution in [0.2, 0.25) is 0 Å². The van der Waals surface area contributed by atoms with Gasteiger partial charge in [-0.3, -0.25) is 0 Å². The first kappa shape index (κ1) is 23.4. The van der Waals surface area contributed by atoms with Crippen molar-refractivity contribution in [1.29, 1.82) is 0 Å². The molecule has 25 heavy (non-hydrogen) atoms. The number of benzene rings is 2. The topological polar surface area (TPSA) is 0 Å². The summed E-state index contributed by atoms with van der Waals surface area (Å²) in [5.74, 6) is 1.29. The minimum atomic E-state index is 0.632. The lowest BCUT2D eigenvalue weighted by molar-refractivity contribution is 0.837. The second-order valence-electron chi connectivity index (χ2n) is 7.26. The second-order valence-corrected chi connectivity index (χ2v) is 7.26. The molecule has 0 aromatic heterocycles. The van der Waals surface area contributed by atoms with Gasteiger partial charge in [0.25, 0.3) is 0 Å². The van der Waals surface area contributed by atoms with E-state index in [4.69, 9.17) is 0 Å². The van der Waals surface area contributed by atoms with E-state index in [1.807, 2.05) is 19.9 Å². The Bertz CT molecular complexity index is 602. The summed E-state index contributed by atoms with van der Waals surface area (Å²) in [7, 11) is 0. The summed E-state index contributed by atoms with van der Waals surface area (Å²) in [4.78, 5) is 0. The van der Waals surface area contributed by atoms with Gasteiger partial charge in [0.15, 0.2) is 0 Å². The zero-order valence-electron chi connectivity index (χ0n) is 18.5. The van der Waals surface area contributed by atoms with Crippen molar-refractivity contribution in [2.45, 2.75) is 88.0 Å². The fraction of sp³-hybridized carbons (Fsp3) is 0.520. The summed E-state index contributed by atoms with van der Waals surface area (Å²) in [6.45, 7) is 24.2. The van der Waals surface area contributed by atoms with Crippen molar-refractivity contribution in [3.8, 4) is 0 Å². The van der Waals surface area contributed by atoms with Crippen LogP contribution in [0.1, 0.15) is 92.3 Å². The van der Waals surface area contributed by atoms with Crippen molar-refractivity contribution in [2.24, 2.45) is 0 Å². The molecule has 140 valence electrons. The van der Waals surface area contributed by atoms with Crippen LogP contribution in [0.4, 0.5) is 0 Å². The Balaban J connectivity index is 0.000000451. The molecule has 0 aliphatic heterocycles. The van der Waals surface area contributed by atoms with Crippen LogP contribution >= 0.6 is 0 Å². The third kappa shape index (κ3) is 6.34. The standard InChI is InChI=1S/C14H22.C9H12.C2H6/c1-8(2)14-12(6)10(4)9(3)11(5)13(14)7;1-8(2)9-6-4-3-5-7-9;1-2/h8H,1-7H3;3-8H,1-2H3;1-2H3. The molecule has 0 heterocycles. The van der Waals surface area contributed by atoms with Gasteiger partial charge in [0.05, 0.1) is 0 Å². The monoisotopic (exact) mass is 340 g/mol. The Labute approximate surface area is 157 Å². The third-order valence-electron chi connectivity index (χ3n) is 5.10. The fourth-order valence-corrected chi connectivity index (χ4v) is 3.23. The lowest BCUT2D eigenvalue weighted by Gasteiger charge is -2.21. The Morgan fingerprint density at radius 2 is 0.880 bits per heavy atom. The number of hydrogen-bond acceptors (Lipinski definition) is 0. The Hall–Kier alpha value is -1.56. The summed E-state index contributed by atoms with van der Waals surface area (Å²) in [5, 5.41) is 0. The molecule has 0 amide bonds. The molecule has 0 saturated carbocycles. The van der Waals surface area contributed by atoms with E-state index in [0.29, 0.717) is 11.8 Å². The first-order chi connectivity index (χ1) is 11.7. The molecule has 0 aliphatic carbocycles. The average Bonchev–Trinajstić information content (AvgIpc) is 2.61. The van der Waals surface area contributed by atoms with Crippen molar-refractivity contribution in [3.63, 3.8) is 0 Å². The smallest absolute Gasteiger partial charge is 0.0213 e. The highest BCUT2D eigenvalue weighted by Crippen LogP contribution is 2.30. The van der Waals surface area contributed by atoms with Gasteiger partial charge in [-0.1, -0.05) is 71.9 Å². The summed E-state index contributed by atoms with van der Waals surface area (Å²) in [5.41, 5.74) is 10.3. The predicted octanol–water partition coefficient (Wildman–Crippen LogP) is 8.19. The predicted molar refractivity (Wildman–Crippen MR) is 116 cm³/mol. The summed E-state index contributed by atoms with van der Waals surface area (Å²) in [6.07, 6.45) is 0. The first-order valence-corrected chi connectivity index (χ1v) is 9.80. The molecule has 2 aromatic carbocycles. The van der Waals surface area contributed by atoms with Crippen molar-refractivity contribution >= 4 is 0 Å². The summed E-state index contributed by atoms with van der Waals surface area (Å²) in [6, 6.07) is 10.5. The van der Waals surface area contributed by atoms with Gasteiger partial charge >= 0.3 is 0 Å². The van der Waals surface area contributed by atoms with Gasteiger partial charge < -0.3 is 0 Å². The van der Waals surface area contributed by atoms with Crippen LogP contribution in [-0.2, 0) is 0 Å². The molecule has 0 radical (unpaired) electrons. The Morgan fingerprint density at radius 1 is 0.520 bits per heavy atom. The Kier molecular flexibility index (Phi) is 10.4. The van der Waals surface area contributed by atoms with Crippen molar-refractivity contribution in [3.05, 3.63) is 69.3 Å². The average molecular weight is 341 g/mol. The molecular formula is C25H40. The minimum absolute atomic E-state index is 0.632. The molecule has 0 N–H and O–H groups in total. The zero-order valence-corrected chi connectivity index (χ0v) is 18.5. The molecule has 0 bridgehead atoms. The number of hydrogen-bond donors (Lipinski definition) is 0. The molecule has 2 rings (SSSR count). The van der Waals surface area contributed by atoms with Gasteiger partial charge in [-0.05, 0) is 85.4 Å². The van der Waals surface area contributed by atoms with E-state index in [9.17, 15) is 0 Å². The van der Waals surface area contributed by atoms with E-state index in [-0.39, 0.29) is 0 Å². The van der Waals surface area contributed by atoms with Crippen LogP contribution < -0.4 is 0 Å². The zero-order chi connectivity index (χ0) is 19.7. The quantitative estimate of drug-likeness (QED) is 0.517. The van der Waals surface area contributed by atoms with Gasteiger partial charge in [0, 0.05) is 0 Å². The fourth-order valence-electron chi connectivity index (χ4n) is 3.23. The van der Waals surface area contributed by atoms with Crippen molar-refractivity contribution in [2.75, 3.05) is 0 Å². The highest BCUT2D eigenvalue weighted by atomic mass is 14.2. The molecule has 2 aromatic rings. The van der Waals surface area contributed by atoms with E-state index >= 15 is 0 Å². The number of rotatable bonds is 2. The van der Waals surface area contributed by atoms with Crippen molar-refractivity contribution in [1.82, 2.24) is 0 Å². The van der Waals surface area contributed by atoms with Gasteiger partial charge in [-0.25, -0.2) is 0 Å². The molecule has 0 nitrogen and oxygen atoms in total. The van der Waals surface area contributed by atoms with E-state index in [2.05, 4.69) is 86.6 Å². The Morgan fingerprint density at radius 3 is 1.16 bits per heavy atom. The van der Waals surface area contributed by atoms with E-state index in [0.717, 1.165) is 0 Å². The molecule has 0 atom stereocenters. The summed E-state index contributed by atoms with van der Waals surface area (Å²) >= 11 is 0. The van der Waals surface area contributed by atoms with E-state index in [1.54, 1.807) is 5.56 Å². The molecule has 0 unspecified atom stereocenters. The maximum Gasteiger partial charge on any atom is -0.0213 e. The van der Waals surface area contributed by atoms with E-state index in [1.165, 1.54) is 33.4 Å². The van der Waals surface area contributed by atoms with Gasteiger partial charge in [0.2, 0.25) is 0 Å². The molecule has 0 saturated heterocycles. The molecule has 0 heteroatoms. The summed E-state index contributed by atoms with van der Waals surface area (Å²) < 4.78 is 0. The molecule has 0 spiro atoms. The van der Waals surface area contributed by atoms with Crippen LogP contribution in [0.5, 0.6) is 0 Å². The lowest BCUT2D eigenvalue weighted by atomic mass is 9.85. The van der Waals surface area contributed by atoms with Crippen LogP contribution in [0, 0.1) is 34.6 Å². The lowest BCUT2D eigenvalue weighted by Crippen LogP contribution is -2.04. The van der Waals surface area contributed by atoms with Crippen LogP contribution in [0.25, 0.3) is 0 Å². The first-order valence-electron chi connectivity index (χ1n) is 9.80. The highest BCUT2D eigenvalue weighted by Gasteiger charge is 2.13. The van der Waals surface area contributed by atoms with Crippen LogP contribution in [0.3, 0.4) is 0 Å². The minimum Gasteiger partial charge on any atom is -0.0683 e. The second kappa shape index (κ2) is 11.1. The molecule has 0 fully saturated rings. The van der Waals surface area contributed by atoms with E-state index < -0.39 is 0 Å². The largest absolute Gasteiger partial charge is 0.0683 e. The van der Waals surface area contributed by atoms with Crippen molar-refractivity contribution < 1.29 is 0 Å². The SMILES string of the molecule is CC.CC(C)c1ccccc1.Cc1c(C)c(C)c(C(C)C)c(C)c1C. The highest BCUT2D eigenvalue weighted by molar-refractivity contribution is 5.50. The normalized spacial score (nSPS) is 10.1. The van der Waals surface area contributed by atoms with Gasteiger partial charge in [-0.15, -0.1) is 0 Å². The van der Waals surface area contributed by atoms with Gasteiger partial charge in [0.1, 0.15) is 0 Å². The maximum atomic E-state index is 2.28. The molecule has 0 aliphatic rings. The molecular weight excluding hydrogens is 300 g/mol. The van der Waals surface area contributed by atoms with Crippen LogP contribution in [0.15, 0.2) is 30.3 Å². The van der Waals surface area contributed by atoms with Crippen LogP contribution in [-0.4, -0.2) is 0 Å². The van der Waals surface area contributed by atoms with Gasteiger partial charge in [-0.2, -0.15) is 0 Å². The third-order valence-corrected chi connectivity index (χ3v) is 5.10.